The summed E-state index contributed by atoms with van der Waals surface area (Å²) in [6, 6.07) is 7.46. The summed E-state index contributed by atoms with van der Waals surface area (Å²) < 4.78 is 10.1. The van der Waals surface area contributed by atoms with E-state index in [9.17, 15) is 0 Å². The highest BCUT2D eigenvalue weighted by atomic mass is 16.5. The highest BCUT2D eigenvalue weighted by Crippen LogP contribution is 2.14. The third-order valence-corrected chi connectivity index (χ3v) is 2.28. The van der Waals surface area contributed by atoms with Crippen molar-refractivity contribution in [3.63, 3.8) is 0 Å². The third-order valence-electron chi connectivity index (χ3n) is 2.28. The molecule has 0 unspecified atom stereocenters. The molecule has 1 atom stereocenters. The predicted octanol–water partition coefficient (Wildman–Crippen LogP) is 1.46. The van der Waals surface area contributed by atoms with Gasteiger partial charge in [-0.3, -0.25) is 4.99 Å². The molecule has 1 aromatic carbocycles. The molecular weight excluding hydrogens is 218 g/mol. The van der Waals surface area contributed by atoms with Gasteiger partial charge in [0.25, 0.3) is 0 Å². The van der Waals surface area contributed by atoms with Gasteiger partial charge in [-0.05, 0) is 31.2 Å². The van der Waals surface area contributed by atoms with Gasteiger partial charge in [0.1, 0.15) is 5.75 Å². The molecule has 17 heavy (non-hydrogen) atoms. The summed E-state index contributed by atoms with van der Waals surface area (Å²) in [6.07, 6.45) is 0.0613. The van der Waals surface area contributed by atoms with E-state index in [2.05, 4.69) is 10.3 Å². The van der Waals surface area contributed by atoms with Crippen LogP contribution in [0.3, 0.4) is 0 Å². The molecule has 0 aliphatic rings. The zero-order valence-electron chi connectivity index (χ0n) is 10.4. The van der Waals surface area contributed by atoms with E-state index < -0.39 is 0 Å². The highest BCUT2D eigenvalue weighted by Gasteiger charge is 1.99. The van der Waals surface area contributed by atoms with Gasteiger partial charge < -0.3 is 20.5 Å². The van der Waals surface area contributed by atoms with Crippen LogP contribution in [0.4, 0.5) is 5.69 Å². The lowest BCUT2D eigenvalue weighted by atomic mass is 10.3. The van der Waals surface area contributed by atoms with E-state index in [-0.39, 0.29) is 6.10 Å². The molecule has 1 rings (SSSR count). The minimum Gasteiger partial charge on any atom is -0.497 e. The van der Waals surface area contributed by atoms with E-state index >= 15 is 0 Å². The summed E-state index contributed by atoms with van der Waals surface area (Å²) in [6.45, 7) is 2.47. The molecule has 0 amide bonds. The number of nitrogens with two attached hydrogens (primary N) is 1. The molecule has 0 spiro atoms. The first-order valence-corrected chi connectivity index (χ1v) is 5.39. The van der Waals surface area contributed by atoms with Crippen LogP contribution in [0.5, 0.6) is 5.75 Å². The average Bonchev–Trinajstić information content (AvgIpc) is 2.36. The SMILES string of the molecule is COc1ccc(NC(N)=NC[C@@H](C)OC)cc1. The van der Waals surface area contributed by atoms with Gasteiger partial charge >= 0.3 is 0 Å². The van der Waals surface area contributed by atoms with E-state index in [1.54, 1.807) is 14.2 Å². The van der Waals surface area contributed by atoms with Crippen molar-refractivity contribution >= 4 is 11.6 Å². The van der Waals surface area contributed by atoms with Gasteiger partial charge in [0.2, 0.25) is 0 Å². The number of nitrogens with one attached hydrogen (secondary N) is 1. The lowest BCUT2D eigenvalue weighted by Gasteiger charge is -2.08. The van der Waals surface area contributed by atoms with E-state index in [1.165, 1.54) is 0 Å². The second-order valence-electron chi connectivity index (χ2n) is 3.63. The van der Waals surface area contributed by atoms with Gasteiger partial charge in [0.15, 0.2) is 5.96 Å². The Labute approximate surface area is 102 Å². The van der Waals surface area contributed by atoms with Crippen LogP contribution in [-0.2, 0) is 4.74 Å². The number of ether oxygens (including phenoxy) is 2. The van der Waals surface area contributed by atoms with Crippen LogP contribution in [0.25, 0.3) is 0 Å². The number of rotatable bonds is 5. The first-order chi connectivity index (χ1) is 8.15. The Morgan fingerprint density at radius 1 is 1.35 bits per heavy atom. The fraction of sp³-hybridized carbons (Fsp3) is 0.417. The maximum absolute atomic E-state index is 5.73. The second kappa shape index (κ2) is 6.75. The topological polar surface area (TPSA) is 68.9 Å². The minimum atomic E-state index is 0.0613. The van der Waals surface area contributed by atoms with E-state index in [4.69, 9.17) is 15.2 Å². The molecule has 0 saturated heterocycles. The molecule has 5 nitrogen and oxygen atoms in total. The maximum atomic E-state index is 5.73. The van der Waals surface area contributed by atoms with Crippen LogP contribution in [0.15, 0.2) is 29.3 Å². The summed E-state index contributed by atoms with van der Waals surface area (Å²) in [5.41, 5.74) is 6.60. The van der Waals surface area contributed by atoms with Crippen LogP contribution in [0.2, 0.25) is 0 Å². The normalized spacial score (nSPS) is 13.2. The summed E-state index contributed by atoms with van der Waals surface area (Å²) in [5.74, 6) is 1.18. The smallest absolute Gasteiger partial charge is 0.193 e. The van der Waals surface area contributed by atoms with Crippen LogP contribution in [-0.4, -0.2) is 32.8 Å². The zero-order valence-corrected chi connectivity index (χ0v) is 10.4. The van der Waals surface area contributed by atoms with Crippen molar-refractivity contribution in [1.82, 2.24) is 0 Å². The Bertz CT molecular complexity index is 363. The van der Waals surface area contributed by atoms with Crippen LogP contribution in [0, 0.1) is 0 Å². The standard InChI is InChI=1S/C12H19N3O2/c1-9(16-2)8-14-12(13)15-10-4-6-11(17-3)7-5-10/h4-7,9H,8H2,1-3H3,(H3,13,14,15)/t9-/m1/s1. The number of nitrogens with zero attached hydrogens (tertiary/aromatic N) is 1. The molecule has 0 radical (unpaired) electrons. The van der Waals surface area contributed by atoms with Crippen LogP contribution in [0.1, 0.15) is 6.92 Å². The Morgan fingerprint density at radius 2 is 2.00 bits per heavy atom. The second-order valence-corrected chi connectivity index (χ2v) is 3.63. The van der Waals surface area contributed by atoms with Crippen LogP contribution >= 0.6 is 0 Å². The van der Waals surface area contributed by atoms with Crippen molar-refractivity contribution in [1.29, 1.82) is 0 Å². The fourth-order valence-electron chi connectivity index (χ4n) is 1.16. The molecule has 3 N–H and O–H groups in total. The summed E-state index contributed by atoms with van der Waals surface area (Å²) in [5, 5.41) is 2.99. The predicted molar refractivity (Wildman–Crippen MR) is 69.6 cm³/mol. The van der Waals surface area contributed by atoms with Gasteiger partial charge in [-0.1, -0.05) is 0 Å². The van der Waals surface area contributed by atoms with Crippen molar-refractivity contribution in [2.24, 2.45) is 10.7 Å². The largest absolute Gasteiger partial charge is 0.497 e. The number of hydrogen-bond donors (Lipinski definition) is 2. The first-order valence-electron chi connectivity index (χ1n) is 5.39. The summed E-state index contributed by atoms with van der Waals surface area (Å²) in [7, 11) is 3.28. The molecule has 1 aromatic rings. The molecule has 0 aromatic heterocycles. The molecule has 5 heteroatoms. The van der Waals surface area contributed by atoms with E-state index in [1.807, 2.05) is 31.2 Å². The van der Waals surface area contributed by atoms with E-state index in [0.29, 0.717) is 12.5 Å². The third kappa shape index (κ3) is 4.74. The molecule has 0 aliphatic heterocycles. The number of anilines is 1. The van der Waals surface area contributed by atoms with E-state index in [0.717, 1.165) is 11.4 Å². The molecule has 0 bridgehead atoms. The lowest BCUT2D eigenvalue weighted by molar-refractivity contribution is 0.125. The van der Waals surface area contributed by atoms with Crippen molar-refractivity contribution < 1.29 is 9.47 Å². The van der Waals surface area contributed by atoms with Gasteiger partial charge in [0, 0.05) is 12.8 Å². The van der Waals surface area contributed by atoms with Crippen molar-refractivity contribution in [2.45, 2.75) is 13.0 Å². The van der Waals surface area contributed by atoms with Gasteiger partial charge in [0.05, 0.1) is 19.8 Å². The lowest BCUT2D eigenvalue weighted by Crippen LogP contribution is -2.24. The van der Waals surface area contributed by atoms with Crippen molar-refractivity contribution in [3.05, 3.63) is 24.3 Å². The number of methoxy groups -OCH3 is 2. The summed E-state index contributed by atoms with van der Waals surface area (Å²) in [4.78, 5) is 4.16. The maximum Gasteiger partial charge on any atom is 0.193 e. The average molecular weight is 237 g/mol. The molecule has 0 heterocycles. The Morgan fingerprint density at radius 3 is 2.53 bits per heavy atom. The summed E-state index contributed by atoms with van der Waals surface area (Å²) >= 11 is 0. The Balaban J connectivity index is 2.52. The fourth-order valence-corrected chi connectivity index (χ4v) is 1.16. The number of aliphatic imine (C=N–C) groups is 1. The van der Waals surface area contributed by atoms with Crippen LogP contribution < -0.4 is 15.8 Å². The molecule has 0 saturated carbocycles. The molecule has 94 valence electrons. The van der Waals surface area contributed by atoms with Gasteiger partial charge in [-0.15, -0.1) is 0 Å². The quantitative estimate of drug-likeness (QED) is 0.601. The zero-order chi connectivity index (χ0) is 12.7. The number of benzene rings is 1. The molecule has 0 aliphatic carbocycles. The molecular formula is C12H19N3O2. The van der Waals surface area contributed by atoms with Gasteiger partial charge in [-0.2, -0.15) is 0 Å². The van der Waals surface area contributed by atoms with Gasteiger partial charge in [-0.25, -0.2) is 0 Å². The Hall–Kier alpha value is -1.75. The highest BCUT2D eigenvalue weighted by molar-refractivity contribution is 5.92. The number of hydrogen-bond acceptors (Lipinski definition) is 3. The number of guanidine groups is 1. The monoisotopic (exact) mass is 237 g/mol. The minimum absolute atomic E-state index is 0.0613. The van der Waals surface area contributed by atoms with Crippen molar-refractivity contribution in [3.8, 4) is 5.75 Å². The first kappa shape index (κ1) is 13.3. The molecule has 0 fully saturated rings. The Kier molecular flexibility index (Phi) is 5.29. The van der Waals surface area contributed by atoms with Crippen molar-refractivity contribution in [2.75, 3.05) is 26.1 Å².